The maximum atomic E-state index is 11.9. The van der Waals surface area contributed by atoms with Crippen LogP contribution in [0, 0.1) is 0 Å². The van der Waals surface area contributed by atoms with Gasteiger partial charge in [0.25, 0.3) is 11.3 Å². The summed E-state index contributed by atoms with van der Waals surface area (Å²) in [6.07, 6.45) is 4.69. The molecule has 0 bridgehead atoms. The molecule has 0 spiro atoms. The van der Waals surface area contributed by atoms with Crippen LogP contribution in [-0.4, -0.2) is 41.5 Å². The van der Waals surface area contributed by atoms with Gasteiger partial charge >= 0.3 is 0 Å². The lowest BCUT2D eigenvalue weighted by atomic mass is 10.2. The van der Waals surface area contributed by atoms with Crippen molar-refractivity contribution in [1.29, 1.82) is 0 Å². The molecule has 1 N–H and O–H groups in total. The molecular weight excluding hydrogens is 270 g/mol. The van der Waals surface area contributed by atoms with E-state index in [1.165, 1.54) is 23.2 Å². The number of H-pyrrole nitrogens is 1. The molecule has 3 aromatic rings. The zero-order chi connectivity index (χ0) is 14.8. The molecule has 8 heteroatoms. The molecule has 0 aromatic carbocycles. The van der Waals surface area contributed by atoms with Gasteiger partial charge in [-0.1, -0.05) is 0 Å². The van der Waals surface area contributed by atoms with E-state index >= 15 is 0 Å². The Bertz CT molecular complexity index is 795. The summed E-state index contributed by atoms with van der Waals surface area (Å²) in [4.78, 5) is 30.5. The fourth-order valence-electron chi connectivity index (χ4n) is 2.12. The average molecular weight is 285 g/mol. The topological polar surface area (TPSA) is 92.1 Å². The van der Waals surface area contributed by atoms with Crippen LogP contribution in [0.4, 0.5) is 0 Å². The molecule has 0 fully saturated rings. The van der Waals surface area contributed by atoms with Gasteiger partial charge in [-0.05, 0) is 20.0 Å². The van der Waals surface area contributed by atoms with Crippen LogP contribution < -0.4 is 5.56 Å². The van der Waals surface area contributed by atoms with E-state index < -0.39 is 0 Å². The summed E-state index contributed by atoms with van der Waals surface area (Å²) in [5.74, 6) is 0.376. The molecule has 0 radical (unpaired) electrons. The molecule has 0 saturated heterocycles. The number of nitrogens with zero attached hydrogens (tertiary/aromatic N) is 6. The van der Waals surface area contributed by atoms with Crippen LogP contribution in [0.15, 0.2) is 35.8 Å². The summed E-state index contributed by atoms with van der Waals surface area (Å²) in [6.45, 7) is 2.58. The highest BCUT2D eigenvalue weighted by Crippen LogP contribution is 2.17. The Kier molecular flexibility index (Phi) is 3.44. The summed E-state index contributed by atoms with van der Waals surface area (Å²) in [7, 11) is 1.96. The Morgan fingerprint density at radius 2 is 2.29 bits per heavy atom. The van der Waals surface area contributed by atoms with Crippen molar-refractivity contribution >= 4 is 5.78 Å². The van der Waals surface area contributed by atoms with Gasteiger partial charge in [0.15, 0.2) is 0 Å². The predicted octanol–water partition coefficient (Wildman–Crippen LogP) is 0.401. The molecule has 3 aromatic heterocycles. The lowest BCUT2D eigenvalue weighted by Crippen LogP contribution is -2.25. The van der Waals surface area contributed by atoms with Gasteiger partial charge in [-0.15, -0.1) is 0 Å². The minimum Gasteiger partial charge on any atom is -0.292 e. The van der Waals surface area contributed by atoms with Gasteiger partial charge in [-0.3, -0.25) is 14.8 Å². The Hall–Kier alpha value is -2.61. The smallest absolute Gasteiger partial charge is 0.274 e. The summed E-state index contributed by atoms with van der Waals surface area (Å²) in [5.41, 5.74) is 1.43. The van der Waals surface area contributed by atoms with Crippen molar-refractivity contribution in [1.82, 2.24) is 34.4 Å². The predicted molar refractivity (Wildman–Crippen MR) is 75.5 cm³/mol. The van der Waals surface area contributed by atoms with Crippen molar-refractivity contribution in [2.24, 2.45) is 0 Å². The van der Waals surface area contributed by atoms with Crippen molar-refractivity contribution < 1.29 is 0 Å². The Morgan fingerprint density at radius 1 is 1.43 bits per heavy atom. The molecule has 0 saturated carbocycles. The first-order chi connectivity index (χ1) is 10.1. The average Bonchev–Trinajstić information content (AvgIpc) is 2.96. The standard InChI is InChI=1S/C13H15N7O/c1-9(11-3-4-14-7-15-11)19(2)6-10-5-12(21)20-13(18-10)16-8-17-20/h3-5,7-9H,6H2,1-2H3,(H,16,17,18)/t9-/m0/s1. The first kappa shape index (κ1) is 13.4. The minimum atomic E-state index is -0.171. The normalized spacial score (nSPS) is 12.9. The Morgan fingerprint density at radius 3 is 3.05 bits per heavy atom. The van der Waals surface area contributed by atoms with E-state index in [0.29, 0.717) is 18.0 Å². The van der Waals surface area contributed by atoms with Crippen LogP contribution in [0.2, 0.25) is 0 Å². The van der Waals surface area contributed by atoms with Crippen molar-refractivity contribution in [2.45, 2.75) is 19.5 Å². The zero-order valence-corrected chi connectivity index (χ0v) is 11.8. The molecule has 1 atom stereocenters. The molecule has 21 heavy (non-hydrogen) atoms. The first-order valence-corrected chi connectivity index (χ1v) is 6.53. The highest BCUT2D eigenvalue weighted by molar-refractivity contribution is 5.26. The van der Waals surface area contributed by atoms with E-state index in [-0.39, 0.29) is 11.6 Å². The molecule has 0 aliphatic heterocycles. The van der Waals surface area contributed by atoms with Gasteiger partial charge < -0.3 is 0 Å². The minimum absolute atomic E-state index is 0.0902. The molecule has 0 aliphatic carbocycles. The van der Waals surface area contributed by atoms with Crippen LogP contribution in [0.5, 0.6) is 0 Å². The number of aromatic amines is 1. The maximum absolute atomic E-state index is 11.9. The second-order valence-corrected chi connectivity index (χ2v) is 4.83. The van der Waals surface area contributed by atoms with E-state index in [4.69, 9.17) is 0 Å². The summed E-state index contributed by atoms with van der Waals surface area (Å²) in [5, 5.41) is 2.72. The Labute approximate surface area is 120 Å². The second kappa shape index (κ2) is 5.41. The van der Waals surface area contributed by atoms with Crippen LogP contribution in [-0.2, 0) is 6.54 Å². The van der Waals surface area contributed by atoms with Crippen molar-refractivity contribution in [2.75, 3.05) is 7.05 Å². The monoisotopic (exact) mass is 285 g/mol. The third-order valence-corrected chi connectivity index (χ3v) is 3.43. The number of rotatable bonds is 4. The highest BCUT2D eigenvalue weighted by atomic mass is 16.1. The van der Waals surface area contributed by atoms with Crippen molar-refractivity contribution in [3.63, 3.8) is 0 Å². The van der Waals surface area contributed by atoms with E-state index in [0.717, 1.165) is 5.69 Å². The summed E-state index contributed by atoms with van der Waals surface area (Å²) < 4.78 is 1.30. The zero-order valence-electron chi connectivity index (χ0n) is 11.8. The van der Waals surface area contributed by atoms with Crippen LogP contribution in [0.25, 0.3) is 5.78 Å². The molecule has 3 heterocycles. The van der Waals surface area contributed by atoms with E-state index in [2.05, 4.69) is 29.9 Å². The van der Waals surface area contributed by atoms with Gasteiger partial charge in [0.2, 0.25) is 0 Å². The van der Waals surface area contributed by atoms with Gasteiger partial charge in [0, 0.05) is 24.8 Å². The molecule has 0 unspecified atom stereocenters. The molecule has 0 amide bonds. The molecule has 108 valence electrons. The van der Waals surface area contributed by atoms with E-state index in [1.54, 1.807) is 6.20 Å². The fourth-order valence-corrected chi connectivity index (χ4v) is 2.12. The second-order valence-electron chi connectivity index (χ2n) is 4.83. The summed E-state index contributed by atoms with van der Waals surface area (Å²) in [6, 6.07) is 3.47. The largest absolute Gasteiger partial charge is 0.292 e. The van der Waals surface area contributed by atoms with Crippen LogP contribution in [0.3, 0.4) is 0 Å². The Balaban J connectivity index is 1.83. The fraction of sp³-hybridized carbons (Fsp3) is 0.308. The molecule has 0 aliphatic rings. The first-order valence-electron chi connectivity index (χ1n) is 6.53. The summed E-state index contributed by atoms with van der Waals surface area (Å²) >= 11 is 0. The van der Waals surface area contributed by atoms with Crippen LogP contribution in [0.1, 0.15) is 24.4 Å². The lowest BCUT2D eigenvalue weighted by molar-refractivity contribution is 0.245. The number of hydrogen-bond donors (Lipinski definition) is 1. The van der Waals surface area contributed by atoms with Gasteiger partial charge in [-0.25, -0.2) is 19.9 Å². The highest BCUT2D eigenvalue weighted by Gasteiger charge is 2.14. The molecule has 8 nitrogen and oxygen atoms in total. The van der Waals surface area contributed by atoms with Gasteiger partial charge in [-0.2, -0.15) is 4.52 Å². The lowest BCUT2D eigenvalue weighted by Gasteiger charge is -2.23. The van der Waals surface area contributed by atoms with E-state index in [1.807, 2.05) is 20.0 Å². The number of hydrogen-bond acceptors (Lipinski definition) is 6. The van der Waals surface area contributed by atoms with Crippen molar-refractivity contribution in [3.05, 3.63) is 52.7 Å². The number of fused-ring (bicyclic) bond motifs is 1. The third kappa shape index (κ3) is 2.65. The quantitative estimate of drug-likeness (QED) is 0.746. The van der Waals surface area contributed by atoms with Crippen LogP contribution >= 0.6 is 0 Å². The SMILES string of the molecule is C[C@@H](c1ccncn1)N(C)Cc1cc(=O)n2[nH]cnc2n1. The molecular formula is C13H15N7O. The number of nitrogens with one attached hydrogen (secondary N) is 1. The van der Waals surface area contributed by atoms with E-state index in [9.17, 15) is 4.79 Å². The maximum Gasteiger partial charge on any atom is 0.274 e. The van der Waals surface area contributed by atoms with Gasteiger partial charge in [0.05, 0.1) is 11.4 Å². The number of aromatic nitrogens is 6. The van der Waals surface area contributed by atoms with Gasteiger partial charge in [0.1, 0.15) is 12.7 Å². The van der Waals surface area contributed by atoms with Crippen molar-refractivity contribution in [3.8, 4) is 0 Å². The molecule has 3 rings (SSSR count). The third-order valence-electron chi connectivity index (χ3n) is 3.43.